The van der Waals surface area contributed by atoms with Gasteiger partial charge in [-0.15, -0.1) is 0 Å². The molecular formula is C55H86Br4Cl4N10O6S8. The van der Waals surface area contributed by atoms with Crippen LogP contribution in [0.2, 0.25) is 0 Å². The lowest BCUT2D eigenvalue weighted by Gasteiger charge is -1.90. The van der Waals surface area contributed by atoms with E-state index in [0.717, 1.165) is 23.9 Å². The van der Waals surface area contributed by atoms with E-state index in [4.69, 9.17) is 11.5 Å². The summed E-state index contributed by atoms with van der Waals surface area (Å²) in [5.41, 5.74) is 28.0. The number of ketones is 6. The van der Waals surface area contributed by atoms with Crippen LogP contribution in [0.4, 0.5) is 10.3 Å². The van der Waals surface area contributed by atoms with Gasteiger partial charge in [-0.25, -0.2) is 9.13 Å². The predicted octanol–water partition coefficient (Wildman–Crippen LogP) is -15.8. The van der Waals surface area contributed by atoms with Crippen molar-refractivity contribution < 1.29 is 183 Å². The van der Waals surface area contributed by atoms with Gasteiger partial charge in [-0.1, -0.05) is 98.1 Å². The lowest BCUT2D eigenvalue weighted by Crippen LogP contribution is -3.00. The number of halogens is 8. The van der Waals surface area contributed by atoms with E-state index in [-0.39, 0.29) is 160 Å². The molecule has 0 aliphatic carbocycles. The maximum atomic E-state index is 10.8. The zero-order valence-electron chi connectivity index (χ0n) is 51.2. The Labute approximate surface area is 615 Å². The minimum Gasteiger partial charge on any atom is -1.00 e. The molecule has 0 aromatic carbocycles. The molecule has 87 heavy (non-hydrogen) atoms. The summed E-state index contributed by atoms with van der Waals surface area (Å²) in [6.07, 6.45) is 7.67. The molecule has 0 aliphatic rings. The van der Waals surface area contributed by atoms with Crippen molar-refractivity contribution >= 4 is 136 Å². The molecule has 0 saturated carbocycles. The highest BCUT2D eigenvalue weighted by Crippen LogP contribution is 2.09. The van der Waals surface area contributed by atoms with Crippen LogP contribution in [-0.4, -0.2) is 34.7 Å². The first-order valence-electron chi connectivity index (χ1n) is 24.7. The number of nitrogens with two attached hydrogens (primary N) is 2. The standard InChI is InChI=1S/2C8H12NOS.2C7H10NOS.C7H12NS.C6H8N2OS.C6H8NOS.C5H8N2S.CH4.4BrH.4ClH/c2*1-6(10)4-9-5-11-8(3)7(9)2;1-6-4-10-5-8(6)3-7(2)9;1-6(9)3-8-4-7(2)10-5-8;1-4-8-5-9-7(3)6(8)2;1-5(9)4-8-2-3-10-6(8)7;1-6(8)4-7-2-3-9-5-7;1-2-7-3-4-8-5(7)6;;;;;;;;;/h2*5H,4H2,1-3H3;2*4-5H,3H2,1-2H3;5H,4H2,1-3H3;2-3,7H,4H2,1H3;2-3,5H,4H2,1H3;3-4,6H,2H2,1H3;1H4;8*1H/q5*+1;;+1;;;;;;;;;;/p-6. The van der Waals surface area contributed by atoms with Crippen LogP contribution in [0.1, 0.15) is 105 Å². The number of hydrogen-bond acceptors (Lipinski definition) is 16. The van der Waals surface area contributed by atoms with Gasteiger partial charge in [0, 0.05) is 73.1 Å². The highest BCUT2D eigenvalue weighted by atomic mass is 79.9. The predicted molar refractivity (Wildman–Crippen MR) is 325 cm³/mol. The highest BCUT2D eigenvalue weighted by Gasteiger charge is 2.15. The molecule has 0 unspecified atom stereocenters. The van der Waals surface area contributed by atoms with Crippen LogP contribution in [0.15, 0.2) is 79.4 Å². The number of rotatable bonds is 14. The van der Waals surface area contributed by atoms with Crippen LogP contribution in [0.5, 0.6) is 0 Å². The van der Waals surface area contributed by atoms with Crippen LogP contribution in [-0.2, 0) is 81.1 Å². The van der Waals surface area contributed by atoms with Crippen LogP contribution in [0.25, 0.3) is 0 Å². The zero-order chi connectivity index (χ0) is 59.1. The van der Waals surface area contributed by atoms with Gasteiger partial charge >= 0.3 is 10.3 Å². The molecule has 4 N–H and O–H groups in total. The van der Waals surface area contributed by atoms with E-state index in [2.05, 4.69) is 51.6 Å². The molecule has 0 aliphatic heterocycles. The Hall–Kier alpha value is -2.26. The summed E-state index contributed by atoms with van der Waals surface area (Å²) in [7, 11) is 0. The summed E-state index contributed by atoms with van der Waals surface area (Å²) < 4.78 is 15.7. The Morgan fingerprint density at radius 2 is 0.747 bits per heavy atom. The maximum Gasteiger partial charge on any atom is 0.331 e. The van der Waals surface area contributed by atoms with E-state index in [1.54, 1.807) is 120 Å². The molecule has 8 aromatic rings. The molecular weight excluding hydrogens is 1610 g/mol. The number of anilines is 2. The van der Waals surface area contributed by atoms with E-state index in [1.807, 2.05) is 134 Å². The second-order valence-corrected chi connectivity index (χ2v) is 25.3. The van der Waals surface area contributed by atoms with E-state index in [1.165, 1.54) is 47.9 Å². The van der Waals surface area contributed by atoms with Crippen molar-refractivity contribution in [2.75, 3.05) is 11.5 Å². The topological polar surface area (TPSA) is 185 Å². The number of nitrogens with zero attached hydrogens (tertiary/aromatic N) is 8. The van der Waals surface area contributed by atoms with E-state index >= 15 is 0 Å². The van der Waals surface area contributed by atoms with Gasteiger partial charge in [0.15, 0.2) is 69.9 Å². The molecule has 0 radical (unpaired) electrons. The van der Waals surface area contributed by atoms with Gasteiger partial charge < -0.3 is 118 Å². The third-order valence-corrected chi connectivity index (χ3v) is 17.4. The van der Waals surface area contributed by atoms with Crippen molar-refractivity contribution in [2.45, 2.75) is 171 Å². The van der Waals surface area contributed by atoms with Gasteiger partial charge in [0.2, 0.25) is 65.8 Å². The number of carbonyl (C=O) groups excluding carboxylic acids is 6. The van der Waals surface area contributed by atoms with E-state index in [0.29, 0.717) is 44.4 Å². The van der Waals surface area contributed by atoms with Crippen LogP contribution < -0.4 is 166 Å². The molecule has 0 bridgehead atoms. The summed E-state index contributed by atoms with van der Waals surface area (Å²) in [4.78, 5) is 69.1. The monoisotopic (exact) mass is 1690 g/mol. The first kappa shape index (κ1) is 104. The molecule has 16 nitrogen and oxygen atoms in total. The van der Waals surface area contributed by atoms with E-state index in [9.17, 15) is 28.8 Å². The first-order chi connectivity index (χ1) is 36.7. The molecule has 0 amide bonds. The maximum absolute atomic E-state index is 10.8. The molecule has 8 aromatic heterocycles. The molecule has 8 heterocycles. The van der Waals surface area contributed by atoms with Gasteiger partial charge in [0.25, 0.3) is 0 Å². The average Bonchev–Trinajstić information content (AvgIpc) is 4.27. The number of nitrogen functional groups attached to an aromatic ring is 2. The lowest BCUT2D eigenvalue weighted by atomic mass is 10.4. The Bertz CT molecular complexity index is 3000. The lowest BCUT2D eigenvalue weighted by molar-refractivity contribution is -0.694. The quantitative estimate of drug-likeness (QED) is 0.101. The molecule has 8 rings (SSSR count). The number of Topliss-reactive ketones (excluding diaryl/α,β-unsaturated/α-hetero) is 6. The minimum atomic E-state index is 0. The average molecular weight is 1700 g/mol. The fourth-order valence-electron chi connectivity index (χ4n) is 6.04. The molecule has 0 fully saturated rings. The highest BCUT2D eigenvalue weighted by molar-refractivity contribution is 7.13. The Morgan fingerprint density at radius 3 is 1.00 bits per heavy atom. The summed E-state index contributed by atoms with van der Waals surface area (Å²) in [5, 5.41) is 9.38. The van der Waals surface area contributed by atoms with Gasteiger partial charge in [0.1, 0.15) is 25.5 Å². The van der Waals surface area contributed by atoms with Crippen molar-refractivity contribution in [2.24, 2.45) is 0 Å². The minimum absolute atomic E-state index is 0. The van der Waals surface area contributed by atoms with Crippen LogP contribution >= 0.6 is 90.7 Å². The Kier molecular flexibility index (Phi) is 68.6. The number of hydrogen-bond donors (Lipinski definition) is 2. The fourth-order valence-corrected chi connectivity index (χ4v) is 11.8. The normalized spacial score (nSPS) is 8.83. The molecule has 0 saturated heterocycles. The summed E-state index contributed by atoms with van der Waals surface area (Å²) in [6.45, 7) is 35.3. The summed E-state index contributed by atoms with van der Waals surface area (Å²) in [6, 6.07) is 0. The fraction of sp³-hybridized carbons (Fsp3) is 0.455. The molecule has 0 spiro atoms. The Morgan fingerprint density at radius 1 is 0.391 bits per heavy atom. The van der Waals surface area contributed by atoms with Gasteiger partial charge in [-0.3, -0.25) is 40.2 Å². The van der Waals surface area contributed by atoms with Gasteiger partial charge in [-0.2, -0.15) is 27.4 Å². The van der Waals surface area contributed by atoms with Crippen LogP contribution in [0.3, 0.4) is 0 Å². The van der Waals surface area contributed by atoms with Crippen molar-refractivity contribution in [3.63, 3.8) is 0 Å². The molecule has 32 heteroatoms. The molecule has 496 valence electrons. The Balaban J connectivity index is -0.000000113. The van der Waals surface area contributed by atoms with E-state index < -0.39 is 0 Å². The number of aromatic nitrogens is 8. The summed E-state index contributed by atoms with van der Waals surface area (Å²) in [5.74, 6) is 1.12. The van der Waals surface area contributed by atoms with Crippen LogP contribution in [0, 0.1) is 55.4 Å². The molecule has 0 atom stereocenters. The first-order valence-corrected chi connectivity index (χ1v) is 31.9. The third kappa shape index (κ3) is 45.6. The second-order valence-electron chi connectivity index (χ2n) is 17.7. The third-order valence-electron chi connectivity index (χ3n) is 10.5. The zero-order valence-corrected chi connectivity index (χ0v) is 67.1. The van der Waals surface area contributed by atoms with Gasteiger partial charge in [-0.05, 0) is 48.5 Å². The van der Waals surface area contributed by atoms with Crippen molar-refractivity contribution in [3.8, 4) is 0 Å². The number of thiazole rings is 8. The SMILES string of the molecule is C.CC(=O)C[n+]1ccsc1.CC(=O)C[n+]1ccsc1N.CC(=O)C[n+]1csc(C)c1.CC(=O)C[n+]1csc(C)c1C.CC(=O)C[n+]1csc(C)c1C.CC(=O)C[n+]1cscc1C.CC[n+]1ccsc1N.CC[n+]1csc(C)c1C.[Br-].[Br-].[Br-].[Br-].[Cl-].[Cl-].[Cl-].[Cl-]. The largest absolute Gasteiger partial charge is 1.00 e. The number of carbonyl (C=O) groups is 6. The van der Waals surface area contributed by atoms with Crippen molar-refractivity contribution in [3.05, 3.63) is 122 Å². The van der Waals surface area contributed by atoms with Crippen molar-refractivity contribution in [1.82, 2.24) is 0 Å². The summed E-state index contributed by atoms with van der Waals surface area (Å²) >= 11 is 13.1. The second kappa shape index (κ2) is 57.6. The van der Waals surface area contributed by atoms with Gasteiger partial charge in [0.05, 0.1) is 36.8 Å². The number of aryl methyl sites for hydroxylation is 7. The van der Waals surface area contributed by atoms with Crippen molar-refractivity contribution in [1.29, 1.82) is 0 Å². The smallest absolute Gasteiger partial charge is 0.331 e.